The van der Waals surface area contributed by atoms with Crippen molar-refractivity contribution in [1.82, 2.24) is 0 Å². The SMILES string of the molecule is Cc1ccc(S(=O)(=O)/C=C/N=[N+]=[N-])cc1. The molecule has 5 nitrogen and oxygen atoms in total. The van der Waals surface area contributed by atoms with Crippen LogP contribution in [0.15, 0.2) is 45.9 Å². The molecule has 0 aliphatic rings. The predicted octanol–water partition coefficient (Wildman–Crippen LogP) is 2.55. The molecule has 0 N–H and O–H groups in total. The van der Waals surface area contributed by atoms with Gasteiger partial charge in [0, 0.05) is 16.5 Å². The number of nitrogens with zero attached hydrogens (tertiary/aromatic N) is 3. The Bertz CT molecular complexity index is 511. The third kappa shape index (κ3) is 3.12. The van der Waals surface area contributed by atoms with E-state index >= 15 is 0 Å². The molecule has 1 aromatic carbocycles. The summed E-state index contributed by atoms with van der Waals surface area (Å²) in [6.07, 6.45) is 0.912. The zero-order valence-electron chi connectivity index (χ0n) is 8.03. The minimum atomic E-state index is -3.49. The summed E-state index contributed by atoms with van der Waals surface area (Å²) in [6, 6.07) is 6.42. The Kier molecular flexibility index (Phi) is 3.49. The fraction of sp³-hybridized carbons (Fsp3) is 0.111. The van der Waals surface area contributed by atoms with Crippen LogP contribution in [0.4, 0.5) is 0 Å². The monoisotopic (exact) mass is 223 g/mol. The minimum absolute atomic E-state index is 0.178. The lowest BCUT2D eigenvalue weighted by Gasteiger charge is -1.98. The van der Waals surface area contributed by atoms with Gasteiger partial charge in [-0.2, -0.15) is 0 Å². The summed E-state index contributed by atoms with van der Waals surface area (Å²) < 4.78 is 23.1. The molecule has 78 valence electrons. The van der Waals surface area contributed by atoms with E-state index in [1.807, 2.05) is 6.92 Å². The summed E-state index contributed by atoms with van der Waals surface area (Å²) in [6.45, 7) is 1.87. The van der Waals surface area contributed by atoms with Crippen LogP contribution in [-0.2, 0) is 9.84 Å². The number of rotatable bonds is 3. The van der Waals surface area contributed by atoms with Crippen molar-refractivity contribution < 1.29 is 8.42 Å². The second-order valence-electron chi connectivity index (χ2n) is 2.85. The van der Waals surface area contributed by atoms with Crippen molar-refractivity contribution in [1.29, 1.82) is 0 Å². The highest BCUT2D eigenvalue weighted by Crippen LogP contribution is 2.12. The first-order valence-corrected chi connectivity index (χ1v) is 5.63. The van der Waals surface area contributed by atoms with Gasteiger partial charge in [-0.05, 0) is 24.6 Å². The van der Waals surface area contributed by atoms with Crippen LogP contribution in [0.1, 0.15) is 5.56 Å². The number of benzene rings is 1. The second-order valence-corrected chi connectivity index (χ2v) is 4.68. The number of hydrogen-bond donors (Lipinski definition) is 0. The van der Waals surface area contributed by atoms with Gasteiger partial charge >= 0.3 is 0 Å². The Morgan fingerprint density at radius 1 is 1.33 bits per heavy atom. The molecule has 0 spiro atoms. The quantitative estimate of drug-likeness (QED) is 0.448. The predicted molar refractivity (Wildman–Crippen MR) is 56.7 cm³/mol. The molecule has 1 rings (SSSR count). The molecule has 0 heterocycles. The van der Waals surface area contributed by atoms with Crippen LogP contribution in [0.2, 0.25) is 0 Å². The van der Waals surface area contributed by atoms with E-state index in [0.29, 0.717) is 0 Å². The van der Waals surface area contributed by atoms with Gasteiger partial charge in [-0.3, -0.25) is 0 Å². The zero-order chi connectivity index (χ0) is 11.3. The summed E-state index contributed by atoms with van der Waals surface area (Å²) in [5, 5.41) is 3.89. The van der Waals surface area contributed by atoms with E-state index in [4.69, 9.17) is 5.53 Å². The van der Waals surface area contributed by atoms with E-state index in [2.05, 4.69) is 10.0 Å². The normalized spacial score (nSPS) is 11.3. The first-order valence-electron chi connectivity index (χ1n) is 4.09. The van der Waals surface area contributed by atoms with Crippen molar-refractivity contribution in [2.75, 3.05) is 0 Å². The van der Waals surface area contributed by atoms with Gasteiger partial charge in [0.25, 0.3) is 0 Å². The van der Waals surface area contributed by atoms with Crippen LogP contribution in [0, 0.1) is 6.92 Å². The number of aryl methyl sites for hydroxylation is 1. The Morgan fingerprint density at radius 2 is 1.93 bits per heavy atom. The van der Waals surface area contributed by atoms with Crippen molar-refractivity contribution in [2.45, 2.75) is 11.8 Å². The minimum Gasteiger partial charge on any atom is -0.219 e. The lowest BCUT2D eigenvalue weighted by molar-refractivity contribution is 0.604. The van der Waals surface area contributed by atoms with E-state index in [1.165, 1.54) is 12.1 Å². The fourth-order valence-electron chi connectivity index (χ4n) is 0.944. The number of sulfone groups is 1. The van der Waals surface area contributed by atoms with Crippen molar-refractivity contribution in [3.63, 3.8) is 0 Å². The van der Waals surface area contributed by atoms with Gasteiger partial charge in [-0.1, -0.05) is 22.8 Å². The maximum absolute atomic E-state index is 11.5. The molecule has 1 aromatic rings. The first kappa shape index (κ1) is 11.3. The molecular formula is C9H9N3O2S. The third-order valence-electron chi connectivity index (χ3n) is 1.71. The Hall–Kier alpha value is -1.78. The van der Waals surface area contributed by atoms with Crippen LogP contribution in [0.5, 0.6) is 0 Å². The maximum Gasteiger partial charge on any atom is 0.199 e. The highest BCUT2D eigenvalue weighted by molar-refractivity contribution is 7.94. The highest BCUT2D eigenvalue weighted by Gasteiger charge is 2.08. The second kappa shape index (κ2) is 4.63. The van der Waals surface area contributed by atoms with Crippen molar-refractivity contribution >= 4 is 9.84 Å². The van der Waals surface area contributed by atoms with Gasteiger partial charge in [0.1, 0.15) is 0 Å². The Labute approximate surface area is 87.6 Å². The van der Waals surface area contributed by atoms with Crippen LogP contribution >= 0.6 is 0 Å². The molecule has 0 radical (unpaired) electrons. The summed E-state index contributed by atoms with van der Waals surface area (Å²) in [5.74, 6) is 0. The molecule has 0 aliphatic heterocycles. The summed E-state index contributed by atoms with van der Waals surface area (Å²) in [7, 11) is -3.49. The maximum atomic E-state index is 11.5. The summed E-state index contributed by atoms with van der Waals surface area (Å²) in [5.41, 5.74) is 8.96. The summed E-state index contributed by atoms with van der Waals surface area (Å²) in [4.78, 5) is 2.60. The van der Waals surface area contributed by atoms with Crippen LogP contribution < -0.4 is 0 Å². The van der Waals surface area contributed by atoms with Crippen LogP contribution in [0.25, 0.3) is 10.4 Å². The summed E-state index contributed by atoms with van der Waals surface area (Å²) >= 11 is 0. The van der Waals surface area contributed by atoms with Crippen molar-refractivity contribution in [3.05, 3.63) is 51.9 Å². The van der Waals surface area contributed by atoms with Gasteiger partial charge < -0.3 is 0 Å². The Balaban J connectivity index is 3.06. The molecule has 6 heteroatoms. The topological polar surface area (TPSA) is 82.9 Å². The van der Waals surface area contributed by atoms with Gasteiger partial charge in [0.2, 0.25) is 0 Å². The van der Waals surface area contributed by atoms with Gasteiger partial charge in [-0.15, -0.1) is 0 Å². The third-order valence-corrected chi connectivity index (χ3v) is 3.12. The fourth-order valence-corrected chi connectivity index (χ4v) is 1.83. The van der Waals surface area contributed by atoms with Crippen LogP contribution in [0.3, 0.4) is 0 Å². The van der Waals surface area contributed by atoms with Gasteiger partial charge in [-0.25, -0.2) is 8.42 Å². The molecule has 0 saturated heterocycles. The molecule has 0 atom stereocenters. The molecule has 0 aliphatic carbocycles. The van der Waals surface area contributed by atoms with E-state index in [1.54, 1.807) is 12.1 Å². The molecule has 0 amide bonds. The molecule has 0 bridgehead atoms. The molecule has 0 saturated carbocycles. The van der Waals surface area contributed by atoms with E-state index in [9.17, 15) is 8.42 Å². The van der Waals surface area contributed by atoms with E-state index in [0.717, 1.165) is 17.2 Å². The standard InChI is InChI=1S/C9H9N3O2S/c1-8-2-4-9(5-3-8)15(13,14)7-6-11-12-10/h2-7H,1H3/b7-6+. The highest BCUT2D eigenvalue weighted by atomic mass is 32.2. The average molecular weight is 223 g/mol. The number of azide groups is 1. The van der Waals surface area contributed by atoms with Crippen molar-refractivity contribution in [3.8, 4) is 0 Å². The zero-order valence-corrected chi connectivity index (χ0v) is 8.85. The lowest BCUT2D eigenvalue weighted by atomic mass is 10.2. The Morgan fingerprint density at radius 3 is 2.47 bits per heavy atom. The molecule has 0 unspecified atom stereocenters. The van der Waals surface area contributed by atoms with Gasteiger partial charge in [0.05, 0.1) is 4.90 Å². The van der Waals surface area contributed by atoms with Crippen LogP contribution in [-0.4, -0.2) is 8.42 Å². The first-order chi connectivity index (χ1) is 7.06. The van der Waals surface area contributed by atoms with E-state index in [-0.39, 0.29) is 4.90 Å². The largest absolute Gasteiger partial charge is 0.219 e. The lowest BCUT2D eigenvalue weighted by Crippen LogP contribution is -1.95. The van der Waals surface area contributed by atoms with E-state index < -0.39 is 9.84 Å². The molecular weight excluding hydrogens is 214 g/mol. The van der Waals surface area contributed by atoms with Gasteiger partial charge in [0.15, 0.2) is 9.84 Å². The number of hydrogen-bond acceptors (Lipinski definition) is 3. The smallest absolute Gasteiger partial charge is 0.199 e. The van der Waals surface area contributed by atoms with Crippen molar-refractivity contribution in [2.24, 2.45) is 5.11 Å². The molecule has 15 heavy (non-hydrogen) atoms. The molecule has 0 aromatic heterocycles. The molecule has 0 fully saturated rings. The average Bonchev–Trinajstić information content (AvgIpc) is 2.18.